The summed E-state index contributed by atoms with van der Waals surface area (Å²) in [4.78, 5) is 30.6. The topological polar surface area (TPSA) is 73.4 Å². The average molecular weight is 390 g/mol. The second-order valence-electron chi connectivity index (χ2n) is 8.26. The number of H-pyrrole nitrogens is 1. The highest BCUT2D eigenvalue weighted by Crippen LogP contribution is 2.42. The SMILES string of the molecule is CC(C)CC(=O)C[C@]1(O)C(=O)N(CCc2c[nH]c3ccccc23)c2ccccc21. The lowest BCUT2D eigenvalue weighted by molar-refractivity contribution is -0.142. The molecule has 2 N–H and O–H groups in total. The van der Waals surface area contributed by atoms with Gasteiger partial charge in [0.05, 0.1) is 5.69 Å². The minimum Gasteiger partial charge on any atom is -0.375 e. The third-order valence-electron chi connectivity index (χ3n) is 5.61. The molecule has 0 spiro atoms. The molecule has 1 amide bonds. The van der Waals surface area contributed by atoms with Crippen molar-refractivity contribution in [1.82, 2.24) is 4.98 Å². The second-order valence-corrected chi connectivity index (χ2v) is 8.26. The molecule has 5 heteroatoms. The summed E-state index contributed by atoms with van der Waals surface area (Å²) >= 11 is 0. The highest BCUT2D eigenvalue weighted by atomic mass is 16.3. The van der Waals surface area contributed by atoms with Crippen LogP contribution in [-0.2, 0) is 21.6 Å². The van der Waals surface area contributed by atoms with Gasteiger partial charge in [0.2, 0.25) is 0 Å². The summed E-state index contributed by atoms with van der Waals surface area (Å²) in [5, 5.41) is 12.4. The zero-order valence-electron chi connectivity index (χ0n) is 16.8. The van der Waals surface area contributed by atoms with E-state index in [9.17, 15) is 14.7 Å². The minimum atomic E-state index is -1.78. The Morgan fingerprint density at radius 1 is 1.14 bits per heavy atom. The van der Waals surface area contributed by atoms with Gasteiger partial charge in [-0.3, -0.25) is 9.59 Å². The van der Waals surface area contributed by atoms with E-state index < -0.39 is 11.5 Å². The number of fused-ring (bicyclic) bond motifs is 2. The molecule has 0 bridgehead atoms. The van der Waals surface area contributed by atoms with E-state index in [0.29, 0.717) is 30.6 Å². The normalized spacial score (nSPS) is 18.6. The van der Waals surface area contributed by atoms with Crippen LogP contribution in [0.3, 0.4) is 0 Å². The van der Waals surface area contributed by atoms with Gasteiger partial charge in [0, 0.05) is 42.0 Å². The fourth-order valence-corrected chi connectivity index (χ4v) is 4.28. The highest BCUT2D eigenvalue weighted by molar-refractivity contribution is 6.09. The Kier molecular flexibility index (Phi) is 5.01. The Bertz CT molecular complexity index is 1070. The standard InChI is InChI=1S/C24H26N2O3/c1-16(2)13-18(27)14-24(29)20-8-4-6-10-22(20)26(23(24)28)12-11-17-15-25-21-9-5-3-7-19(17)21/h3-10,15-16,25,29H,11-14H2,1-2H3/t24-/m1/s1. The van der Waals surface area contributed by atoms with Crippen molar-refractivity contribution in [3.8, 4) is 0 Å². The van der Waals surface area contributed by atoms with Crippen LogP contribution in [0, 0.1) is 5.92 Å². The number of Topliss-reactive ketones (excluding diaryl/α,β-unsaturated/α-hetero) is 1. The fourth-order valence-electron chi connectivity index (χ4n) is 4.28. The lowest BCUT2D eigenvalue weighted by Gasteiger charge is -2.23. The number of hydrogen-bond acceptors (Lipinski definition) is 3. The summed E-state index contributed by atoms with van der Waals surface area (Å²) in [7, 11) is 0. The largest absolute Gasteiger partial charge is 0.375 e. The molecular formula is C24H26N2O3. The van der Waals surface area contributed by atoms with Gasteiger partial charge in [0.25, 0.3) is 5.91 Å². The molecule has 0 saturated heterocycles. The molecule has 4 rings (SSSR count). The van der Waals surface area contributed by atoms with E-state index in [0.717, 1.165) is 16.5 Å². The highest BCUT2D eigenvalue weighted by Gasteiger charge is 2.50. The molecule has 0 fully saturated rings. The number of aromatic nitrogens is 1. The number of amides is 1. The van der Waals surface area contributed by atoms with Gasteiger partial charge in [0.1, 0.15) is 5.78 Å². The maximum atomic E-state index is 13.2. The fraction of sp³-hybridized carbons (Fsp3) is 0.333. The number of ketones is 1. The second kappa shape index (κ2) is 7.48. The number of benzene rings is 2. The first kappa shape index (κ1) is 19.4. The summed E-state index contributed by atoms with van der Waals surface area (Å²) in [6, 6.07) is 15.3. The summed E-state index contributed by atoms with van der Waals surface area (Å²) in [5.41, 5.74) is 1.63. The number of carbonyl (C=O) groups is 2. The molecule has 0 radical (unpaired) electrons. The maximum absolute atomic E-state index is 13.2. The quantitative estimate of drug-likeness (QED) is 0.642. The van der Waals surface area contributed by atoms with Crippen LogP contribution >= 0.6 is 0 Å². The summed E-state index contributed by atoms with van der Waals surface area (Å²) < 4.78 is 0. The molecule has 2 heterocycles. The lowest BCUT2D eigenvalue weighted by atomic mass is 9.88. The maximum Gasteiger partial charge on any atom is 0.264 e. The zero-order chi connectivity index (χ0) is 20.6. The van der Waals surface area contributed by atoms with Gasteiger partial charge >= 0.3 is 0 Å². The van der Waals surface area contributed by atoms with Crippen molar-refractivity contribution in [3.63, 3.8) is 0 Å². The number of nitrogens with one attached hydrogen (secondary N) is 1. The summed E-state index contributed by atoms with van der Waals surface area (Å²) in [6.45, 7) is 4.36. The van der Waals surface area contributed by atoms with E-state index in [1.54, 1.807) is 17.0 Å². The number of aromatic amines is 1. The number of carbonyl (C=O) groups excluding carboxylic acids is 2. The number of anilines is 1. The molecule has 1 atom stereocenters. The average Bonchev–Trinajstić information content (AvgIpc) is 3.18. The third-order valence-corrected chi connectivity index (χ3v) is 5.61. The zero-order valence-corrected chi connectivity index (χ0v) is 16.8. The van der Waals surface area contributed by atoms with Crippen LogP contribution in [0.25, 0.3) is 10.9 Å². The Hall–Kier alpha value is -2.92. The van der Waals surface area contributed by atoms with E-state index in [2.05, 4.69) is 11.1 Å². The first-order chi connectivity index (χ1) is 13.9. The van der Waals surface area contributed by atoms with Gasteiger partial charge < -0.3 is 15.0 Å². The Morgan fingerprint density at radius 3 is 2.66 bits per heavy atom. The molecule has 0 aliphatic carbocycles. The predicted octanol–water partition coefficient (Wildman–Crippen LogP) is 3.95. The van der Waals surface area contributed by atoms with E-state index >= 15 is 0 Å². The van der Waals surface area contributed by atoms with E-state index in [1.807, 2.05) is 50.4 Å². The van der Waals surface area contributed by atoms with Crippen molar-refractivity contribution in [2.24, 2.45) is 5.92 Å². The molecule has 5 nitrogen and oxygen atoms in total. The number of aliphatic hydroxyl groups is 1. The molecule has 1 aliphatic heterocycles. The molecule has 0 unspecified atom stereocenters. The van der Waals surface area contributed by atoms with Crippen molar-refractivity contribution in [1.29, 1.82) is 0 Å². The molecule has 2 aromatic carbocycles. The molecule has 29 heavy (non-hydrogen) atoms. The first-order valence-corrected chi connectivity index (χ1v) is 10.1. The molecule has 1 aliphatic rings. The van der Waals surface area contributed by atoms with Crippen molar-refractivity contribution in [3.05, 3.63) is 65.9 Å². The van der Waals surface area contributed by atoms with Gasteiger partial charge in [0.15, 0.2) is 5.60 Å². The first-order valence-electron chi connectivity index (χ1n) is 10.1. The van der Waals surface area contributed by atoms with Crippen LogP contribution in [-0.4, -0.2) is 28.3 Å². The summed E-state index contributed by atoms with van der Waals surface area (Å²) in [6.07, 6.45) is 2.80. The third kappa shape index (κ3) is 3.47. The molecule has 1 aromatic heterocycles. The molecule has 150 valence electrons. The van der Waals surface area contributed by atoms with Gasteiger partial charge in [-0.25, -0.2) is 0 Å². The van der Waals surface area contributed by atoms with Crippen LogP contribution in [0.15, 0.2) is 54.7 Å². The number of nitrogens with zero attached hydrogens (tertiary/aromatic N) is 1. The number of rotatable bonds is 7. The Balaban J connectivity index is 1.59. The van der Waals surface area contributed by atoms with Crippen LogP contribution in [0.2, 0.25) is 0 Å². The van der Waals surface area contributed by atoms with E-state index in [4.69, 9.17) is 0 Å². The van der Waals surface area contributed by atoms with Crippen LogP contribution in [0.1, 0.15) is 37.8 Å². The minimum absolute atomic E-state index is 0.0934. The van der Waals surface area contributed by atoms with Gasteiger partial charge in [-0.2, -0.15) is 0 Å². The lowest BCUT2D eigenvalue weighted by Crippen LogP contribution is -2.42. The molecular weight excluding hydrogens is 364 g/mol. The van der Waals surface area contributed by atoms with Crippen molar-refractivity contribution in [2.45, 2.75) is 38.7 Å². The molecule has 0 saturated carbocycles. The van der Waals surface area contributed by atoms with Crippen molar-refractivity contribution in [2.75, 3.05) is 11.4 Å². The van der Waals surface area contributed by atoms with E-state index in [1.165, 1.54) is 0 Å². The van der Waals surface area contributed by atoms with Crippen LogP contribution < -0.4 is 4.90 Å². The van der Waals surface area contributed by atoms with Crippen LogP contribution in [0.4, 0.5) is 5.69 Å². The van der Waals surface area contributed by atoms with Gasteiger partial charge in [-0.05, 0) is 30.0 Å². The Labute approximate surface area is 170 Å². The Morgan fingerprint density at radius 2 is 1.86 bits per heavy atom. The number of hydrogen-bond donors (Lipinski definition) is 2. The summed E-state index contributed by atoms with van der Waals surface area (Å²) in [5.74, 6) is -0.310. The smallest absolute Gasteiger partial charge is 0.264 e. The van der Waals surface area contributed by atoms with Crippen molar-refractivity contribution < 1.29 is 14.7 Å². The van der Waals surface area contributed by atoms with Gasteiger partial charge in [-0.15, -0.1) is 0 Å². The molecule has 3 aromatic rings. The van der Waals surface area contributed by atoms with Gasteiger partial charge in [-0.1, -0.05) is 50.2 Å². The van der Waals surface area contributed by atoms with E-state index in [-0.39, 0.29) is 18.1 Å². The monoisotopic (exact) mass is 390 g/mol. The number of para-hydroxylation sites is 2. The van der Waals surface area contributed by atoms with Crippen molar-refractivity contribution >= 4 is 28.3 Å². The van der Waals surface area contributed by atoms with Crippen LogP contribution in [0.5, 0.6) is 0 Å². The predicted molar refractivity (Wildman–Crippen MR) is 114 cm³/mol.